The smallest absolute Gasteiger partial charge is 0.313 e. The molecule has 9 heavy (non-hydrogen) atoms. The van der Waals surface area contributed by atoms with Crippen molar-refractivity contribution in [3.8, 4) is 0 Å². The summed E-state index contributed by atoms with van der Waals surface area (Å²) in [5, 5.41) is 9.06. The van der Waals surface area contributed by atoms with Crippen LogP contribution in [0, 0.1) is 5.92 Å². The first-order chi connectivity index (χ1) is 4.09. The maximum Gasteiger partial charge on any atom is 0.313 e. The Morgan fingerprint density at radius 2 is 2.00 bits per heavy atom. The van der Waals surface area contributed by atoms with E-state index in [0.717, 1.165) is 4.90 Å². The second kappa shape index (κ2) is 3.45. The highest BCUT2D eigenvalue weighted by molar-refractivity contribution is 5.47. The summed E-state index contributed by atoms with van der Waals surface area (Å²) in [4.78, 5) is 11.0. The highest BCUT2D eigenvalue weighted by Crippen LogP contribution is 2.02. The van der Waals surface area contributed by atoms with E-state index in [0.29, 0.717) is 0 Å². The molecule has 3 nitrogen and oxygen atoms in total. The molecular weight excluding hydrogens is 118 g/mol. The maximum atomic E-state index is 9.89. The minimum Gasteiger partial charge on any atom is -0.373 e. The van der Waals surface area contributed by atoms with Gasteiger partial charge in [-0.2, -0.15) is 0 Å². The molecule has 1 unspecified atom stereocenters. The van der Waals surface area contributed by atoms with Crippen LogP contribution in [0.25, 0.3) is 0 Å². The SMILES string of the molecule is CC(C)C(O)N(C)[C]=O. The van der Waals surface area contributed by atoms with Crippen LogP contribution < -0.4 is 0 Å². The zero-order valence-electron chi connectivity index (χ0n) is 5.96. The fourth-order valence-electron chi connectivity index (χ4n) is 0.501. The second-order valence-electron chi connectivity index (χ2n) is 2.36. The van der Waals surface area contributed by atoms with Crippen molar-refractivity contribution in [2.45, 2.75) is 20.1 Å². The Balaban J connectivity index is 3.71. The fraction of sp³-hybridized carbons (Fsp3) is 0.833. The van der Waals surface area contributed by atoms with E-state index in [-0.39, 0.29) is 5.92 Å². The molecule has 1 atom stereocenters. The number of hydrogen-bond donors (Lipinski definition) is 1. The molecule has 0 aromatic heterocycles. The molecule has 0 aromatic carbocycles. The lowest BCUT2D eigenvalue weighted by molar-refractivity contribution is 0.0269. The largest absolute Gasteiger partial charge is 0.373 e. The molecule has 1 N–H and O–H groups in total. The van der Waals surface area contributed by atoms with E-state index in [1.807, 2.05) is 13.8 Å². The van der Waals surface area contributed by atoms with Gasteiger partial charge in [0, 0.05) is 7.05 Å². The third-order valence-corrected chi connectivity index (χ3v) is 1.14. The number of aliphatic hydroxyl groups excluding tert-OH is 1. The Kier molecular flexibility index (Phi) is 3.24. The molecule has 0 rings (SSSR count). The van der Waals surface area contributed by atoms with Crippen LogP contribution in [0.5, 0.6) is 0 Å². The van der Waals surface area contributed by atoms with Crippen molar-refractivity contribution in [2.24, 2.45) is 5.92 Å². The topological polar surface area (TPSA) is 40.5 Å². The lowest BCUT2D eigenvalue weighted by Crippen LogP contribution is -2.34. The molecule has 0 aliphatic carbocycles. The minimum atomic E-state index is -0.706. The summed E-state index contributed by atoms with van der Waals surface area (Å²) in [5.74, 6) is 0.0662. The Bertz CT molecular complexity index is 93.1. The van der Waals surface area contributed by atoms with Gasteiger partial charge in [0.15, 0.2) is 0 Å². The molecule has 0 aromatic rings. The van der Waals surface area contributed by atoms with Crippen molar-refractivity contribution in [1.82, 2.24) is 4.90 Å². The average Bonchev–Trinajstić information content (AvgIpc) is 1.84. The molecule has 3 heteroatoms. The van der Waals surface area contributed by atoms with Gasteiger partial charge in [-0.1, -0.05) is 13.8 Å². The second-order valence-corrected chi connectivity index (χ2v) is 2.36. The molecule has 0 aliphatic rings. The molecule has 0 heterocycles. The quantitative estimate of drug-likeness (QED) is 0.430. The van der Waals surface area contributed by atoms with Gasteiger partial charge in [0.2, 0.25) is 0 Å². The first-order valence-corrected chi connectivity index (χ1v) is 2.88. The third kappa shape index (κ3) is 2.46. The number of rotatable bonds is 3. The van der Waals surface area contributed by atoms with E-state index in [2.05, 4.69) is 0 Å². The molecule has 0 spiro atoms. The molecule has 0 fully saturated rings. The van der Waals surface area contributed by atoms with Crippen molar-refractivity contribution in [1.29, 1.82) is 0 Å². The number of amides is 1. The molecule has 0 bridgehead atoms. The van der Waals surface area contributed by atoms with Gasteiger partial charge in [-0.05, 0) is 5.92 Å². The Hall–Kier alpha value is -0.570. The van der Waals surface area contributed by atoms with Crippen LogP contribution in [0.1, 0.15) is 13.8 Å². The van der Waals surface area contributed by atoms with E-state index < -0.39 is 6.23 Å². The van der Waals surface area contributed by atoms with E-state index in [9.17, 15) is 4.79 Å². The van der Waals surface area contributed by atoms with Crippen LogP contribution in [0.4, 0.5) is 0 Å². The average molecular weight is 130 g/mol. The first kappa shape index (κ1) is 8.43. The highest BCUT2D eigenvalue weighted by atomic mass is 16.3. The summed E-state index contributed by atoms with van der Waals surface area (Å²) in [5.41, 5.74) is 0. The Labute approximate surface area is 55.3 Å². The molecular formula is C6H12NO2. The lowest BCUT2D eigenvalue weighted by atomic mass is 10.2. The van der Waals surface area contributed by atoms with Crippen LogP contribution in [-0.2, 0) is 4.79 Å². The van der Waals surface area contributed by atoms with E-state index in [1.54, 1.807) is 6.41 Å². The maximum absolute atomic E-state index is 9.89. The van der Waals surface area contributed by atoms with Gasteiger partial charge in [-0.25, -0.2) is 0 Å². The molecule has 1 radical (unpaired) electrons. The van der Waals surface area contributed by atoms with Crippen LogP contribution >= 0.6 is 0 Å². The van der Waals surface area contributed by atoms with Gasteiger partial charge in [-0.15, -0.1) is 0 Å². The van der Waals surface area contributed by atoms with Crippen LogP contribution in [0.2, 0.25) is 0 Å². The number of nitrogens with zero attached hydrogens (tertiary/aromatic N) is 1. The molecule has 0 saturated heterocycles. The molecule has 0 saturated carbocycles. The Morgan fingerprint density at radius 3 is 2.11 bits per heavy atom. The highest BCUT2D eigenvalue weighted by Gasteiger charge is 2.12. The first-order valence-electron chi connectivity index (χ1n) is 2.88. The van der Waals surface area contributed by atoms with Crippen molar-refractivity contribution < 1.29 is 9.90 Å². The number of hydrogen-bond acceptors (Lipinski definition) is 2. The van der Waals surface area contributed by atoms with E-state index >= 15 is 0 Å². The van der Waals surface area contributed by atoms with Gasteiger partial charge in [0.05, 0.1) is 0 Å². The summed E-state index contributed by atoms with van der Waals surface area (Å²) >= 11 is 0. The van der Waals surface area contributed by atoms with Gasteiger partial charge in [-0.3, -0.25) is 4.79 Å². The molecule has 53 valence electrons. The number of carbonyl (C=O) groups excluding carboxylic acids is 1. The van der Waals surface area contributed by atoms with Crippen LogP contribution in [0.3, 0.4) is 0 Å². The third-order valence-electron chi connectivity index (χ3n) is 1.14. The zero-order chi connectivity index (χ0) is 7.44. The van der Waals surface area contributed by atoms with E-state index in [4.69, 9.17) is 5.11 Å². The summed E-state index contributed by atoms with van der Waals surface area (Å²) in [6.45, 7) is 3.66. The van der Waals surface area contributed by atoms with Crippen molar-refractivity contribution >= 4 is 6.41 Å². The van der Waals surface area contributed by atoms with Crippen LogP contribution in [-0.4, -0.2) is 29.7 Å². The zero-order valence-corrected chi connectivity index (χ0v) is 5.96. The van der Waals surface area contributed by atoms with E-state index in [1.165, 1.54) is 7.05 Å². The number of aliphatic hydroxyl groups is 1. The van der Waals surface area contributed by atoms with Crippen LogP contribution in [0.15, 0.2) is 0 Å². The molecule has 1 amide bonds. The van der Waals surface area contributed by atoms with Gasteiger partial charge in [0.1, 0.15) is 6.23 Å². The predicted octanol–water partition coefficient (Wildman–Crippen LogP) is -0.0402. The van der Waals surface area contributed by atoms with Gasteiger partial charge < -0.3 is 10.0 Å². The summed E-state index contributed by atoms with van der Waals surface area (Å²) < 4.78 is 0. The lowest BCUT2D eigenvalue weighted by Gasteiger charge is -2.20. The standard InChI is InChI=1S/C6H12NO2/c1-5(2)6(9)7(3)4-8/h5-6,9H,1-3H3. The van der Waals surface area contributed by atoms with Crippen molar-refractivity contribution in [3.63, 3.8) is 0 Å². The summed E-state index contributed by atoms with van der Waals surface area (Å²) in [6.07, 6.45) is 0.873. The fourth-order valence-corrected chi connectivity index (χ4v) is 0.501. The minimum absolute atomic E-state index is 0.0662. The Morgan fingerprint density at radius 1 is 1.56 bits per heavy atom. The predicted molar refractivity (Wildman–Crippen MR) is 34.3 cm³/mol. The van der Waals surface area contributed by atoms with Gasteiger partial charge >= 0.3 is 6.41 Å². The van der Waals surface area contributed by atoms with Crippen molar-refractivity contribution in [2.75, 3.05) is 7.05 Å². The van der Waals surface area contributed by atoms with Gasteiger partial charge in [0.25, 0.3) is 0 Å². The van der Waals surface area contributed by atoms with Crippen molar-refractivity contribution in [3.05, 3.63) is 0 Å². The monoisotopic (exact) mass is 130 g/mol. The summed E-state index contributed by atoms with van der Waals surface area (Å²) in [6, 6.07) is 0. The molecule has 0 aliphatic heterocycles. The normalized spacial score (nSPS) is 13.4. The summed E-state index contributed by atoms with van der Waals surface area (Å²) in [7, 11) is 1.50.